The number of carbonyl (C=O) groups is 5. The van der Waals surface area contributed by atoms with Crippen LogP contribution < -0.4 is 20.3 Å². The van der Waals surface area contributed by atoms with Crippen molar-refractivity contribution in [1.29, 1.82) is 5.26 Å². The summed E-state index contributed by atoms with van der Waals surface area (Å²) in [6.45, 7) is 13.6. The number of piperidine rings is 2. The highest BCUT2D eigenvalue weighted by molar-refractivity contribution is 6.31. The number of benzene rings is 2. The van der Waals surface area contributed by atoms with E-state index in [1.807, 2.05) is 23.6 Å². The van der Waals surface area contributed by atoms with Crippen LogP contribution in [0.3, 0.4) is 0 Å². The number of rotatable bonds is 7. The van der Waals surface area contributed by atoms with E-state index >= 15 is 4.39 Å². The molecule has 1 atom stereocenters. The zero-order chi connectivity index (χ0) is 43.1. The summed E-state index contributed by atoms with van der Waals surface area (Å²) in [5.41, 5.74) is 0.876. The van der Waals surface area contributed by atoms with Crippen molar-refractivity contribution in [3.8, 4) is 23.7 Å². The molecule has 5 amide bonds. The number of amides is 5. The van der Waals surface area contributed by atoms with Crippen LogP contribution in [0.15, 0.2) is 42.5 Å². The molecule has 5 heterocycles. The fourth-order valence-electron chi connectivity index (χ4n) is 10.2. The van der Waals surface area contributed by atoms with E-state index in [1.165, 1.54) is 6.07 Å². The monoisotopic (exact) mass is 833 g/mol. The highest BCUT2D eigenvalue weighted by Crippen LogP contribution is 2.59. The van der Waals surface area contributed by atoms with E-state index in [-0.39, 0.29) is 53.8 Å². The number of fused-ring (bicyclic) bond motifs is 2. The Morgan fingerprint density at radius 1 is 0.933 bits per heavy atom. The molecule has 1 aromatic heterocycles. The van der Waals surface area contributed by atoms with Crippen molar-refractivity contribution in [2.75, 3.05) is 18.0 Å². The SMILES string of the molecule is CC(C)(C#Cc1ccc2c(n1)CN(C1C(C)(C)C(Oc3ccc(C#N)c(Cl)c3)C1(C)C)C2=O)NC1CCN(c2cc3c(cc2F)C(=O)N(C2CCC(=O)NC2=O)C3=O)CC1. The molecule has 4 aliphatic heterocycles. The normalized spacial score (nSPS) is 23.4. The number of halogens is 2. The van der Waals surface area contributed by atoms with Gasteiger partial charge in [0.1, 0.15) is 35.5 Å². The molecule has 60 heavy (non-hydrogen) atoms. The molecular weight excluding hydrogens is 789 g/mol. The van der Waals surface area contributed by atoms with Crippen LogP contribution in [0.2, 0.25) is 5.02 Å². The molecular formula is C45H45ClFN7O6. The summed E-state index contributed by atoms with van der Waals surface area (Å²) in [4.78, 5) is 73.8. The highest BCUT2D eigenvalue weighted by Gasteiger charge is 2.67. The number of hydrogen-bond donors (Lipinski definition) is 2. The van der Waals surface area contributed by atoms with Crippen LogP contribution in [0, 0.1) is 39.8 Å². The molecule has 15 heteroatoms. The molecule has 8 rings (SSSR count). The third-order valence-corrected chi connectivity index (χ3v) is 12.9. The quantitative estimate of drug-likeness (QED) is 0.234. The number of carbonyl (C=O) groups excluding carboxylic acids is 5. The van der Waals surface area contributed by atoms with Gasteiger partial charge in [-0.25, -0.2) is 9.37 Å². The van der Waals surface area contributed by atoms with Gasteiger partial charge >= 0.3 is 0 Å². The smallest absolute Gasteiger partial charge is 0.262 e. The van der Waals surface area contributed by atoms with Gasteiger partial charge in [-0.3, -0.25) is 39.5 Å². The molecule has 0 spiro atoms. The maximum absolute atomic E-state index is 15.5. The van der Waals surface area contributed by atoms with Crippen LogP contribution in [0.5, 0.6) is 5.75 Å². The Balaban J connectivity index is 0.885. The third-order valence-electron chi connectivity index (χ3n) is 12.6. The van der Waals surface area contributed by atoms with Crippen molar-refractivity contribution < 1.29 is 33.1 Å². The minimum Gasteiger partial charge on any atom is -0.489 e. The van der Waals surface area contributed by atoms with Gasteiger partial charge in [0.05, 0.1) is 50.7 Å². The molecule has 3 fully saturated rings. The number of aromatic nitrogens is 1. The first-order chi connectivity index (χ1) is 28.3. The van der Waals surface area contributed by atoms with Crippen LogP contribution in [0.25, 0.3) is 0 Å². The maximum atomic E-state index is 15.5. The van der Waals surface area contributed by atoms with Gasteiger partial charge < -0.3 is 14.5 Å². The number of ether oxygens (including phenoxy) is 1. The average molecular weight is 834 g/mol. The molecule has 2 aromatic carbocycles. The fourth-order valence-corrected chi connectivity index (χ4v) is 10.5. The Morgan fingerprint density at radius 3 is 2.27 bits per heavy atom. The largest absolute Gasteiger partial charge is 0.489 e. The Kier molecular flexibility index (Phi) is 10.0. The first kappa shape index (κ1) is 40.9. The van der Waals surface area contributed by atoms with E-state index in [4.69, 9.17) is 21.3 Å². The van der Waals surface area contributed by atoms with Crippen LogP contribution in [0.1, 0.15) is 115 Å². The molecule has 2 N–H and O–H groups in total. The molecule has 3 aromatic rings. The lowest BCUT2D eigenvalue weighted by molar-refractivity contribution is -0.199. The van der Waals surface area contributed by atoms with Gasteiger partial charge in [0.2, 0.25) is 11.8 Å². The number of nitrogens with zero attached hydrogens (tertiary/aromatic N) is 5. The van der Waals surface area contributed by atoms with Gasteiger partial charge in [-0.1, -0.05) is 45.2 Å². The number of nitrogens with one attached hydrogen (secondary N) is 2. The van der Waals surface area contributed by atoms with Crippen molar-refractivity contribution in [2.24, 2.45) is 10.8 Å². The molecule has 1 aliphatic carbocycles. The number of hydrogen-bond acceptors (Lipinski definition) is 10. The second-order valence-electron chi connectivity index (χ2n) is 18.0. The number of nitriles is 1. The summed E-state index contributed by atoms with van der Waals surface area (Å²) >= 11 is 6.28. The maximum Gasteiger partial charge on any atom is 0.262 e. The van der Waals surface area contributed by atoms with Crippen molar-refractivity contribution in [3.05, 3.63) is 86.9 Å². The van der Waals surface area contributed by atoms with Crippen LogP contribution >= 0.6 is 11.6 Å². The second kappa shape index (κ2) is 14.7. The van der Waals surface area contributed by atoms with Gasteiger partial charge in [0.15, 0.2) is 0 Å². The third kappa shape index (κ3) is 6.95. The molecule has 0 bridgehead atoms. The predicted molar refractivity (Wildman–Crippen MR) is 218 cm³/mol. The summed E-state index contributed by atoms with van der Waals surface area (Å²) in [5, 5.41) is 15.4. The van der Waals surface area contributed by atoms with E-state index in [2.05, 4.69) is 56.2 Å². The van der Waals surface area contributed by atoms with E-state index in [0.29, 0.717) is 65.8 Å². The van der Waals surface area contributed by atoms with Crippen LogP contribution in [-0.2, 0) is 16.1 Å². The van der Waals surface area contributed by atoms with Gasteiger partial charge in [-0.2, -0.15) is 5.26 Å². The molecule has 5 aliphatic rings. The first-order valence-electron chi connectivity index (χ1n) is 20.1. The van der Waals surface area contributed by atoms with Crippen molar-refractivity contribution >= 4 is 46.8 Å². The zero-order valence-electron chi connectivity index (χ0n) is 34.2. The van der Waals surface area contributed by atoms with E-state index in [9.17, 15) is 29.2 Å². The molecule has 1 saturated carbocycles. The fraction of sp³-hybridized carbons (Fsp3) is 0.444. The van der Waals surface area contributed by atoms with E-state index in [0.717, 1.165) is 11.0 Å². The van der Waals surface area contributed by atoms with Crippen molar-refractivity contribution in [3.63, 3.8) is 0 Å². The van der Waals surface area contributed by atoms with Crippen molar-refractivity contribution in [1.82, 2.24) is 25.4 Å². The lowest BCUT2D eigenvalue weighted by atomic mass is 9.49. The second-order valence-corrected chi connectivity index (χ2v) is 18.4. The standard InChI is InChI=1S/C45H45ClFN7O6/c1-43(2,51-26-14-17-52(18-15-26)35-21-30-29(20-32(35)47)39(58)54(40(30)59)34-11-12-36(55)50-37(34)56)16-13-25-8-10-28-33(49-25)23-53(38(28)57)41-44(3,4)42(45(41,5)6)60-27-9-7-24(22-48)31(46)19-27/h7-10,19-21,26,34,41-42,51H,11-12,14-15,17-18,23H2,1-6H3,(H,50,55,56). The van der Waals surface area contributed by atoms with E-state index < -0.39 is 51.9 Å². The lowest BCUT2D eigenvalue weighted by Crippen LogP contribution is -2.74. The predicted octanol–water partition coefficient (Wildman–Crippen LogP) is 5.37. The Labute approximate surface area is 352 Å². The topological polar surface area (TPSA) is 165 Å². The van der Waals surface area contributed by atoms with Gasteiger partial charge in [-0.15, -0.1) is 0 Å². The van der Waals surface area contributed by atoms with Crippen LogP contribution in [0.4, 0.5) is 10.1 Å². The van der Waals surface area contributed by atoms with E-state index in [1.54, 1.807) is 30.3 Å². The lowest BCUT2D eigenvalue weighted by Gasteiger charge is -2.65. The number of pyridine rings is 1. The molecule has 0 radical (unpaired) electrons. The van der Waals surface area contributed by atoms with Crippen LogP contribution in [-0.4, -0.2) is 87.2 Å². The van der Waals surface area contributed by atoms with Gasteiger partial charge in [0, 0.05) is 48.5 Å². The number of imide groups is 2. The molecule has 13 nitrogen and oxygen atoms in total. The highest BCUT2D eigenvalue weighted by atomic mass is 35.5. The summed E-state index contributed by atoms with van der Waals surface area (Å²) in [7, 11) is 0. The van der Waals surface area contributed by atoms with Gasteiger partial charge in [0.25, 0.3) is 17.7 Å². The molecule has 2 saturated heterocycles. The minimum atomic E-state index is -1.13. The number of anilines is 1. The molecule has 1 unspecified atom stereocenters. The Hall–Kier alpha value is -5.83. The minimum absolute atomic E-state index is 0.00205. The first-order valence-corrected chi connectivity index (χ1v) is 20.5. The zero-order valence-corrected chi connectivity index (χ0v) is 35.0. The summed E-state index contributed by atoms with van der Waals surface area (Å²) in [6.07, 6.45) is 1.11. The summed E-state index contributed by atoms with van der Waals surface area (Å²) in [5.74, 6) is 3.77. The Bertz CT molecular complexity index is 2480. The van der Waals surface area contributed by atoms with Gasteiger partial charge in [-0.05, 0) is 75.4 Å². The van der Waals surface area contributed by atoms with Crippen molar-refractivity contribution in [2.45, 2.75) is 104 Å². The summed E-state index contributed by atoms with van der Waals surface area (Å²) in [6, 6.07) is 11.9. The molecule has 310 valence electrons. The Morgan fingerprint density at radius 2 is 1.62 bits per heavy atom. The average Bonchev–Trinajstić information content (AvgIpc) is 3.62. The summed E-state index contributed by atoms with van der Waals surface area (Å²) < 4.78 is 22.0.